The van der Waals surface area contributed by atoms with Gasteiger partial charge in [0.05, 0.1) is 0 Å². The lowest BCUT2D eigenvalue weighted by Gasteiger charge is -2.34. The Labute approximate surface area is 123 Å². The van der Waals surface area contributed by atoms with E-state index >= 15 is 0 Å². The molecule has 0 saturated carbocycles. The number of benzene rings is 1. The number of carbonyl (C=O) groups is 1. The molecule has 5 nitrogen and oxygen atoms in total. The van der Waals surface area contributed by atoms with Gasteiger partial charge in [-0.15, -0.1) is 0 Å². The molecule has 1 aliphatic rings. The van der Waals surface area contributed by atoms with Crippen LogP contribution < -0.4 is 5.32 Å². The van der Waals surface area contributed by atoms with Crippen molar-refractivity contribution in [1.82, 2.24) is 4.90 Å². The predicted molar refractivity (Wildman–Crippen MR) is 83.0 cm³/mol. The molecule has 2 rings (SSSR count). The van der Waals surface area contributed by atoms with Crippen molar-refractivity contribution in [3.05, 3.63) is 29.8 Å². The molecule has 110 valence electrons. The first-order valence-corrected chi connectivity index (χ1v) is 9.40. The summed E-state index contributed by atoms with van der Waals surface area (Å²) < 4.78 is 23.6. The third kappa shape index (κ3) is 3.27. The normalized spacial score (nSPS) is 19.7. The number of nitrogens with one attached hydrogen (secondary N) is 1. The van der Waals surface area contributed by atoms with E-state index < -0.39 is 15.2 Å². The standard InChI is InChI=1S/C13H18N2O3S2/c1-14-11-5-3-10(4-6-11)13(16)15-7-8-19-9-12(15)20(2,17)18/h3-6,12,14H,7-9H2,1-2H3. The van der Waals surface area contributed by atoms with Gasteiger partial charge in [0, 0.05) is 42.6 Å². The van der Waals surface area contributed by atoms with E-state index in [1.54, 1.807) is 43.1 Å². The van der Waals surface area contributed by atoms with Gasteiger partial charge in [0.1, 0.15) is 5.37 Å². The molecule has 1 amide bonds. The molecule has 20 heavy (non-hydrogen) atoms. The number of hydrogen-bond donors (Lipinski definition) is 1. The molecule has 0 aliphatic carbocycles. The molecule has 0 aromatic heterocycles. The Morgan fingerprint density at radius 3 is 2.55 bits per heavy atom. The fourth-order valence-corrected chi connectivity index (χ4v) is 4.93. The quantitative estimate of drug-likeness (QED) is 0.910. The van der Waals surface area contributed by atoms with Crippen LogP contribution in [0.15, 0.2) is 24.3 Å². The average Bonchev–Trinajstić information content (AvgIpc) is 2.46. The van der Waals surface area contributed by atoms with Gasteiger partial charge < -0.3 is 10.2 Å². The first kappa shape index (κ1) is 15.2. The molecule has 1 aromatic rings. The molecule has 1 aliphatic heterocycles. The lowest BCUT2D eigenvalue weighted by Crippen LogP contribution is -2.49. The lowest BCUT2D eigenvalue weighted by molar-refractivity contribution is 0.0749. The van der Waals surface area contributed by atoms with Crippen LogP contribution in [0.2, 0.25) is 0 Å². The van der Waals surface area contributed by atoms with Crippen molar-refractivity contribution < 1.29 is 13.2 Å². The first-order chi connectivity index (χ1) is 9.43. The van der Waals surface area contributed by atoms with Crippen molar-refractivity contribution in [3.8, 4) is 0 Å². The van der Waals surface area contributed by atoms with Crippen LogP contribution in [0.25, 0.3) is 0 Å². The lowest BCUT2D eigenvalue weighted by atomic mass is 10.2. The van der Waals surface area contributed by atoms with E-state index in [1.807, 2.05) is 0 Å². The van der Waals surface area contributed by atoms with E-state index in [9.17, 15) is 13.2 Å². The van der Waals surface area contributed by atoms with Crippen LogP contribution in [-0.2, 0) is 9.84 Å². The van der Waals surface area contributed by atoms with Gasteiger partial charge in [-0.2, -0.15) is 11.8 Å². The first-order valence-electron chi connectivity index (χ1n) is 6.29. The van der Waals surface area contributed by atoms with Gasteiger partial charge in [0.25, 0.3) is 5.91 Å². The van der Waals surface area contributed by atoms with Crippen molar-refractivity contribution in [3.63, 3.8) is 0 Å². The zero-order chi connectivity index (χ0) is 14.8. The fourth-order valence-electron chi connectivity index (χ4n) is 2.11. The summed E-state index contributed by atoms with van der Waals surface area (Å²) >= 11 is 1.57. The summed E-state index contributed by atoms with van der Waals surface area (Å²) in [6, 6.07) is 7.05. The molecule has 0 radical (unpaired) electrons. The van der Waals surface area contributed by atoms with Crippen molar-refractivity contribution in [2.75, 3.05) is 36.7 Å². The number of hydrogen-bond acceptors (Lipinski definition) is 5. The average molecular weight is 314 g/mol. The molecule has 7 heteroatoms. The smallest absolute Gasteiger partial charge is 0.254 e. The Hall–Kier alpha value is -1.21. The summed E-state index contributed by atoms with van der Waals surface area (Å²) in [4.78, 5) is 14.0. The Bertz CT molecular complexity index is 584. The van der Waals surface area contributed by atoms with E-state index in [1.165, 1.54) is 11.2 Å². The summed E-state index contributed by atoms with van der Waals surface area (Å²) in [6.45, 7) is 0.467. The zero-order valence-corrected chi connectivity index (χ0v) is 13.1. The highest BCUT2D eigenvalue weighted by Gasteiger charge is 2.34. The predicted octanol–water partition coefficient (Wildman–Crippen LogP) is 1.29. The molecule has 1 fully saturated rings. The van der Waals surface area contributed by atoms with Crippen molar-refractivity contribution in [1.29, 1.82) is 0 Å². The fraction of sp³-hybridized carbons (Fsp3) is 0.462. The van der Waals surface area contributed by atoms with E-state index in [2.05, 4.69) is 5.32 Å². The molecule has 1 saturated heterocycles. The van der Waals surface area contributed by atoms with Gasteiger partial charge in [-0.1, -0.05) is 0 Å². The molecule has 0 bridgehead atoms. The monoisotopic (exact) mass is 314 g/mol. The second-order valence-electron chi connectivity index (χ2n) is 4.68. The second-order valence-corrected chi connectivity index (χ2v) is 8.04. The van der Waals surface area contributed by atoms with Crippen LogP contribution in [-0.4, -0.2) is 56.0 Å². The van der Waals surface area contributed by atoms with Crippen LogP contribution in [0.5, 0.6) is 0 Å². The van der Waals surface area contributed by atoms with Gasteiger partial charge in [-0.25, -0.2) is 8.42 Å². The van der Waals surface area contributed by atoms with Crippen LogP contribution >= 0.6 is 11.8 Å². The Morgan fingerprint density at radius 2 is 2.00 bits per heavy atom. The van der Waals surface area contributed by atoms with E-state index in [-0.39, 0.29) is 5.91 Å². The Kier molecular flexibility index (Phi) is 4.59. The number of nitrogens with zero attached hydrogens (tertiary/aromatic N) is 1. The van der Waals surface area contributed by atoms with E-state index in [0.717, 1.165) is 11.4 Å². The molecule has 1 N–H and O–H groups in total. The summed E-state index contributed by atoms with van der Waals surface area (Å²) in [6.07, 6.45) is 1.19. The van der Waals surface area contributed by atoms with Gasteiger partial charge >= 0.3 is 0 Å². The summed E-state index contributed by atoms with van der Waals surface area (Å²) in [5, 5.41) is 2.26. The molecule has 1 aromatic carbocycles. The summed E-state index contributed by atoms with van der Waals surface area (Å²) in [5.41, 5.74) is 1.43. The minimum atomic E-state index is -3.27. The van der Waals surface area contributed by atoms with E-state index in [0.29, 0.717) is 17.9 Å². The Morgan fingerprint density at radius 1 is 1.35 bits per heavy atom. The number of sulfone groups is 1. The van der Waals surface area contributed by atoms with Gasteiger partial charge in [-0.05, 0) is 24.3 Å². The highest BCUT2D eigenvalue weighted by atomic mass is 32.2. The molecule has 1 unspecified atom stereocenters. The number of rotatable bonds is 3. The van der Waals surface area contributed by atoms with E-state index in [4.69, 9.17) is 0 Å². The highest BCUT2D eigenvalue weighted by Crippen LogP contribution is 2.22. The highest BCUT2D eigenvalue weighted by molar-refractivity contribution is 8.00. The maximum Gasteiger partial charge on any atom is 0.254 e. The van der Waals surface area contributed by atoms with Crippen LogP contribution in [0, 0.1) is 0 Å². The molecule has 0 spiro atoms. The van der Waals surface area contributed by atoms with Crippen molar-refractivity contribution in [2.24, 2.45) is 0 Å². The number of thioether (sulfide) groups is 1. The SMILES string of the molecule is CNc1ccc(C(=O)N2CCSCC2S(C)(=O)=O)cc1. The topological polar surface area (TPSA) is 66.5 Å². The Balaban J connectivity index is 2.25. The molecular formula is C13H18N2O3S2. The maximum absolute atomic E-state index is 12.5. The largest absolute Gasteiger partial charge is 0.388 e. The third-order valence-electron chi connectivity index (χ3n) is 3.26. The minimum absolute atomic E-state index is 0.219. The van der Waals surface area contributed by atoms with Crippen LogP contribution in [0.1, 0.15) is 10.4 Å². The van der Waals surface area contributed by atoms with Gasteiger partial charge in [-0.3, -0.25) is 4.79 Å². The zero-order valence-electron chi connectivity index (χ0n) is 11.5. The number of anilines is 1. The molecular weight excluding hydrogens is 296 g/mol. The summed E-state index contributed by atoms with van der Waals surface area (Å²) in [5.74, 6) is 0.995. The molecule has 1 heterocycles. The molecule has 1 atom stereocenters. The summed E-state index contributed by atoms with van der Waals surface area (Å²) in [7, 11) is -1.47. The minimum Gasteiger partial charge on any atom is -0.388 e. The number of carbonyl (C=O) groups excluding carboxylic acids is 1. The third-order valence-corrected chi connectivity index (χ3v) is 5.90. The van der Waals surface area contributed by atoms with Gasteiger partial charge in [0.2, 0.25) is 0 Å². The van der Waals surface area contributed by atoms with Crippen LogP contribution in [0.3, 0.4) is 0 Å². The second kappa shape index (κ2) is 6.05. The van der Waals surface area contributed by atoms with Crippen molar-refractivity contribution in [2.45, 2.75) is 5.37 Å². The number of amides is 1. The van der Waals surface area contributed by atoms with Crippen molar-refractivity contribution >= 4 is 33.2 Å². The van der Waals surface area contributed by atoms with Crippen LogP contribution in [0.4, 0.5) is 5.69 Å². The van der Waals surface area contributed by atoms with Gasteiger partial charge in [0.15, 0.2) is 9.84 Å². The maximum atomic E-state index is 12.5.